The van der Waals surface area contributed by atoms with Crippen LogP contribution in [0.4, 0.5) is 4.39 Å². The van der Waals surface area contributed by atoms with Crippen molar-refractivity contribution in [2.75, 3.05) is 0 Å². The summed E-state index contributed by atoms with van der Waals surface area (Å²) in [7, 11) is 0. The fraction of sp³-hybridized carbons (Fsp3) is 0. The number of rotatable bonds is 3. The zero-order chi connectivity index (χ0) is 20.0. The SMILES string of the molecule is O=C(O)c1cc(-c2ccncc2)nc2ccc3nn(-c4cccc(F)c4)nc3c12. The van der Waals surface area contributed by atoms with Crippen LogP contribution in [0.5, 0.6) is 0 Å². The molecule has 5 aromatic rings. The molecule has 3 heterocycles. The van der Waals surface area contributed by atoms with Gasteiger partial charge >= 0.3 is 5.97 Å². The van der Waals surface area contributed by atoms with E-state index in [9.17, 15) is 14.3 Å². The minimum Gasteiger partial charge on any atom is -0.478 e. The van der Waals surface area contributed by atoms with Gasteiger partial charge in [-0.15, -0.1) is 10.2 Å². The smallest absolute Gasteiger partial charge is 0.336 e. The molecule has 0 aliphatic rings. The van der Waals surface area contributed by atoms with Crippen LogP contribution in [-0.2, 0) is 0 Å². The summed E-state index contributed by atoms with van der Waals surface area (Å²) in [4.78, 5) is 21.9. The number of benzene rings is 2. The van der Waals surface area contributed by atoms with E-state index < -0.39 is 11.8 Å². The lowest BCUT2D eigenvalue weighted by atomic mass is 10.0. The maximum absolute atomic E-state index is 13.6. The molecule has 0 atom stereocenters. The molecule has 0 radical (unpaired) electrons. The van der Waals surface area contributed by atoms with E-state index in [4.69, 9.17) is 0 Å². The van der Waals surface area contributed by atoms with Gasteiger partial charge in [-0.2, -0.15) is 4.80 Å². The minimum atomic E-state index is -1.10. The van der Waals surface area contributed by atoms with Crippen molar-refractivity contribution in [1.29, 1.82) is 0 Å². The van der Waals surface area contributed by atoms with Crippen LogP contribution in [0.2, 0.25) is 0 Å². The fourth-order valence-corrected chi connectivity index (χ4v) is 3.26. The third-order valence-corrected chi connectivity index (χ3v) is 4.57. The van der Waals surface area contributed by atoms with E-state index >= 15 is 0 Å². The lowest BCUT2D eigenvalue weighted by molar-refractivity contribution is 0.0699. The molecule has 1 N–H and O–H groups in total. The van der Waals surface area contributed by atoms with Crippen LogP contribution in [-0.4, -0.2) is 36.0 Å². The molecule has 0 aliphatic heterocycles. The zero-order valence-electron chi connectivity index (χ0n) is 14.8. The molecular weight excluding hydrogens is 373 g/mol. The normalized spacial score (nSPS) is 11.2. The summed E-state index contributed by atoms with van der Waals surface area (Å²) >= 11 is 0. The summed E-state index contributed by atoms with van der Waals surface area (Å²) in [6, 6.07) is 14.3. The molecule has 0 saturated heterocycles. The highest BCUT2D eigenvalue weighted by Gasteiger charge is 2.18. The average molecular weight is 385 g/mol. The molecule has 0 aliphatic carbocycles. The van der Waals surface area contributed by atoms with Crippen LogP contribution in [0.15, 0.2) is 67.0 Å². The first-order chi connectivity index (χ1) is 14.1. The molecule has 2 aromatic carbocycles. The number of nitrogens with zero attached hydrogens (tertiary/aromatic N) is 5. The van der Waals surface area contributed by atoms with Gasteiger partial charge in [0.1, 0.15) is 16.9 Å². The number of pyridine rings is 2. The number of aromatic nitrogens is 5. The molecular formula is C21H12FN5O2. The Morgan fingerprint density at radius 3 is 2.52 bits per heavy atom. The van der Waals surface area contributed by atoms with Crippen LogP contribution >= 0.6 is 0 Å². The van der Waals surface area contributed by atoms with Gasteiger partial charge in [-0.1, -0.05) is 6.07 Å². The number of fused-ring (bicyclic) bond motifs is 3. The topological polar surface area (TPSA) is 93.8 Å². The Morgan fingerprint density at radius 2 is 1.76 bits per heavy atom. The zero-order valence-corrected chi connectivity index (χ0v) is 14.8. The predicted octanol–water partition coefficient (Wildman–Crippen LogP) is 3.87. The van der Waals surface area contributed by atoms with Crippen molar-refractivity contribution in [3.63, 3.8) is 0 Å². The van der Waals surface area contributed by atoms with Crippen molar-refractivity contribution < 1.29 is 14.3 Å². The average Bonchev–Trinajstić information content (AvgIpc) is 3.18. The van der Waals surface area contributed by atoms with Gasteiger partial charge in [0, 0.05) is 29.4 Å². The Kier molecular flexibility index (Phi) is 3.77. The molecule has 29 heavy (non-hydrogen) atoms. The van der Waals surface area contributed by atoms with Crippen molar-refractivity contribution in [3.05, 3.63) is 78.4 Å². The summed E-state index contributed by atoms with van der Waals surface area (Å²) in [6.45, 7) is 0. The van der Waals surface area contributed by atoms with Crippen molar-refractivity contribution in [2.24, 2.45) is 0 Å². The van der Waals surface area contributed by atoms with Crippen LogP contribution < -0.4 is 0 Å². The molecule has 0 bridgehead atoms. The molecule has 0 spiro atoms. The summed E-state index contributed by atoms with van der Waals surface area (Å²) < 4.78 is 13.6. The lowest BCUT2D eigenvalue weighted by Crippen LogP contribution is -2.01. The van der Waals surface area contributed by atoms with Crippen LogP contribution in [0.1, 0.15) is 10.4 Å². The fourth-order valence-electron chi connectivity index (χ4n) is 3.26. The van der Waals surface area contributed by atoms with Crippen LogP contribution in [0, 0.1) is 5.82 Å². The van der Waals surface area contributed by atoms with Crippen molar-refractivity contribution in [3.8, 4) is 16.9 Å². The number of carbonyl (C=O) groups is 1. The van der Waals surface area contributed by atoms with Crippen molar-refractivity contribution in [1.82, 2.24) is 25.0 Å². The molecule has 5 rings (SSSR count). The molecule has 140 valence electrons. The molecule has 0 fully saturated rings. The molecule has 7 nitrogen and oxygen atoms in total. The standard InChI is InChI=1S/C21H12FN5O2/c22-13-2-1-3-14(10-13)27-25-17-5-4-16-19(20(17)26-27)15(21(28)29)11-18(24-16)12-6-8-23-9-7-12/h1-11H,(H,28,29). The largest absolute Gasteiger partial charge is 0.478 e. The first-order valence-electron chi connectivity index (χ1n) is 8.70. The highest BCUT2D eigenvalue weighted by atomic mass is 19.1. The quantitative estimate of drug-likeness (QED) is 0.507. The first kappa shape index (κ1) is 16.9. The number of aromatic carboxylic acids is 1. The molecule has 0 amide bonds. The highest BCUT2D eigenvalue weighted by molar-refractivity contribution is 6.13. The summed E-state index contributed by atoms with van der Waals surface area (Å²) in [6.07, 6.45) is 3.24. The third kappa shape index (κ3) is 2.87. The van der Waals surface area contributed by atoms with E-state index in [1.165, 1.54) is 23.0 Å². The van der Waals surface area contributed by atoms with E-state index in [0.29, 0.717) is 33.3 Å². The summed E-state index contributed by atoms with van der Waals surface area (Å²) in [5, 5.41) is 19.0. The number of hydrogen-bond donors (Lipinski definition) is 1. The Bertz CT molecular complexity index is 1400. The van der Waals surface area contributed by atoms with Gasteiger partial charge in [-0.3, -0.25) is 4.98 Å². The first-order valence-corrected chi connectivity index (χ1v) is 8.70. The van der Waals surface area contributed by atoms with Gasteiger partial charge in [0.25, 0.3) is 0 Å². The molecule has 0 unspecified atom stereocenters. The minimum absolute atomic E-state index is 0.0682. The van der Waals surface area contributed by atoms with Gasteiger partial charge in [0.15, 0.2) is 0 Å². The number of carboxylic acid groups (broad SMARTS) is 1. The second kappa shape index (κ2) is 6.45. The Hall–Kier alpha value is -4.20. The van der Waals surface area contributed by atoms with Gasteiger partial charge < -0.3 is 5.11 Å². The molecule has 8 heteroatoms. The van der Waals surface area contributed by atoms with Crippen molar-refractivity contribution in [2.45, 2.75) is 0 Å². The van der Waals surface area contributed by atoms with E-state index in [1.807, 2.05) is 0 Å². The highest BCUT2D eigenvalue weighted by Crippen LogP contribution is 2.29. The lowest BCUT2D eigenvalue weighted by Gasteiger charge is -2.07. The van der Waals surface area contributed by atoms with Gasteiger partial charge in [0.2, 0.25) is 0 Å². The monoisotopic (exact) mass is 385 g/mol. The van der Waals surface area contributed by atoms with Crippen LogP contribution in [0.25, 0.3) is 38.9 Å². The van der Waals surface area contributed by atoms with E-state index in [1.54, 1.807) is 48.8 Å². The number of halogens is 1. The maximum atomic E-state index is 13.6. The number of carboxylic acids is 1. The Morgan fingerprint density at radius 1 is 0.966 bits per heavy atom. The van der Waals surface area contributed by atoms with Gasteiger partial charge in [-0.05, 0) is 42.5 Å². The summed E-state index contributed by atoms with van der Waals surface area (Å²) in [5.41, 5.74) is 3.14. The summed E-state index contributed by atoms with van der Waals surface area (Å²) in [5.74, 6) is -1.51. The van der Waals surface area contributed by atoms with Gasteiger partial charge in [-0.25, -0.2) is 14.2 Å². The van der Waals surface area contributed by atoms with E-state index in [0.717, 1.165) is 5.56 Å². The predicted molar refractivity (Wildman–Crippen MR) is 104 cm³/mol. The maximum Gasteiger partial charge on any atom is 0.336 e. The Labute approximate surface area is 163 Å². The molecule has 3 aromatic heterocycles. The second-order valence-electron chi connectivity index (χ2n) is 6.39. The molecule has 0 saturated carbocycles. The van der Waals surface area contributed by atoms with Gasteiger partial charge in [0.05, 0.1) is 22.5 Å². The van der Waals surface area contributed by atoms with E-state index in [2.05, 4.69) is 20.2 Å². The second-order valence-corrected chi connectivity index (χ2v) is 6.39. The number of hydrogen-bond acceptors (Lipinski definition) is 5. The van der Waals surface area contributed by atoms with Crippen LogP contribution in [0.3, 0.4) is 0 Å². The van der Waals surface area contributed by atoms with Crippen molar-refractivity contribution >= 4 is 27.9 Å². The van der Waals surface area contributed by atoms with E-state index in [-0.39, 0.29) is 5.56 Å². The Balaban J connectivity index is 1.79. The third-order valence-electron chi connectivity index (χ3n) is 4.57.